The van der Waals surface area contributed by atoms with Crippen molar-refractivity contribution in [3.8, 4) is 5.75 Å². The number of hydrogen-bond acceptors (Lipinski definition) is 2. The molecule has 0 amide bonds. The highest BCUT2D eigenvalue weighted by Crippen LogP contribution is 2.30. The molecular weight excluding hydrogens is 310 g/mol. The van der Waals surface area contributed by atoms with Crippen LogP contribution in [-0.2, 0) is 0 Å². The summed E-state index contributed by atoms with van der Waals surface area (Å²) in [6, 6.07) is 2.53. The zero-order valence-electron chi connectivity index (χ0n) is 7.51. The fourth-order valence-electron chi connectivity index (χ4n) is 0.845. The van der Waals surface area contributed by atoms with E-state index in [4.69, 9.17) is 33.0 Å². The van der Waals surface area contributed by atoms with Gasteiger partial charge in [-0.3, -0.25) is 0 Å². The van der Waals surface area contributed by atoms with E-state index in [0.29, 0.717) is 4.47 Å². The van der Waals surface area contributed by atoms with Crippen LogP contribution in [-0.4, -0.2) is 23.7 Å². The van der Waals surface area contributed by atoms with Crippen LogP contribution in [0.1, 0.15) is 0 Å². The molecule has 1 N–H and O–H groups in total. The number of aliphatic hydroxyl groups excluding tert-OH is 1. The van der Waals surface area contributed by atoms with Crippen molar-refractivity contribution < 1.29 is 14.2 Å². The summed E-state index contributed by atoms with van der Waals surface area (Å²) in [5, 5.41) is 9.15. The molecule has 0 aliphatic rings. The lowest BCUT2D eigenvalue weighted by Crippen LogP contribution is -2.19. The molecule has 0 spiro atoms. The summed E-state index contributed by atoms with van der Waals surface area (Å²) in [4.78, 5) is 0. The molecule has 6 heteroatoms. The van der Waals surface area contributed by atoms with Crippen molar-refractivity contribution in [2.24, 2.45) is 0 Å². The van der Waals surface area contributed by atoms with E-state index < -0.39 is 11.9 Å². The molecule has 0 saturated heterocycles. The summed E-state index contributed by atoms with van der Waals surface area (Å²) in [7, 11) is 0. The average molecular weight is 318 g/mol. The van der Waals surface area contributed by atoms with E-state index in [1.54, 1.807) is 0 Å². The predicted molar refractivity (Wildman–Crippen MR) is 61.3 cm³/mol. The van der Waals surface area contributed by atoms with E-state index in [2.05, 4.69) is 15.9 Å². The summed E-state index contributed by atoms with van der Waals surface area (Å²) in [5.41, 5.74) is 0. The SMILES string of the molecule is OC(CCl)COc1cc(F)c(Cl)cc1Br. The molecule has 0 aliphatic carbocycles. The molecule has 0 aliphatic heterocycles. The highest BCUT2D eigenvalue weighted by atomic mass is 79.9. The molecule has 0 aromatic heterocycles. The Morgan fingerprint density at radius 1 is 1.53 bits per heavy atom. The fraction of sp³-hybridized carbons (Fsp3) is 0.333. The van der Waals surface area contributed by atoms with Crippen molar-refractivity contribution in [2.75, 3.05) is 12.5 Å². The Morgan fingerprint density at radius 3 is 2.80 bits per heavy atom. The number of ether oxygens (including phenoxy) is 1. The maximum absolute atomic E-state index is 13.0. The summed E-state index contributed by atoms with van der Waals surface area (Å²) >= 11 is 14.1. The van der Waals surface area contributed by atoms with E-state index in [9.17, 15) is 4.39 Å². The first-order chi connectivity index (χ1) is 7.04. The summed E-state index contributed by atoms with van der Waals surface area (Å²) in [6.07, 6.45) is -0.780. The van der Waals surface area contributed by atoms with Gasteiger partial charge < -0.3 is 9.84 Å². The van der Waals surface area contributed by atoms with E-state index in [-0.39, 0.29) is 23.3 Å². The van der Waals surface area contributed by atoms with Crippen LogP contribution >= 0.6 is 39.1 Å². The second-order valence-corrected chi connectivity index (χ2v) is 4.39. The van der Waals surface area contributed by atoms with Gasteiger partial charge in [-0.15, -0.1) is 11.6 Å². The van der Waals surface area contributed by atoms with Crippen molar-refractivity contribution >= 4 is 39.1 Å². The normalized spacial score (nSPS) is 12.6. The zero-order chi connectivity index (χ0) is 11.4. The van der Waals surface area contributed by atoms with Gasteiger partial charge in [-0.05, 0) is 22.0 Å². The zero-order valence-corrected chi connectivity index (χ0v) is 10.6. The van der Waals surface area contributed by atoms with Crippen LogP contribution in [0.15, 0.2) is 16.6 Å². The lowest BCUT2D eigenvalue weighted by molar-refractivity contribution is 0.124. The number of benzene rings is 1. The Balaban J connectivity index is 2.73. The molecule has 2 nitrogen and oxygen atoms in total. The molecule has 0 heterocycles. The van der Waals surface area contributed by atoms with E-state index in [0.717, 1.165) is 6.07 Å². The van der Waals surface area contributed by atoms with Gasteiger partial charge in [0, 0.05) is 6.07 Å². The molecule has 0 saturated carbocycles. The topological polar surface area (TPSA) is 29.5 Å². The summed E-state index contributed by atoms with van der Waals surface area (Å²) in [5.74, 6) is -0.232. The van der Waals surface area contributed by atoms with Gasteiger partial charge in [-0.2, -0.15) is 0 Å². The number of halogens is 4. The fourth-order valence-corrected chi connectivity index (χ4v) is 1.69. The number of rotatable bonds is 4. The van der Waals surface area contributed by atoms with Crippen LogP contribution < -0.4 is 4.74 Å². The molecule has 0 radical (unpaired) electrons. The lowest BCUT2D eigenvalue weighted by Gasteiger charge is -2.11. The second kappa shape index (κ2) is 5.89. The van der Waals surface area contributed by atoms with Crippen molar-refractivity contribution in [1.29, 1.82) is 0 Å². The lowest BCUT2D eigenvalue weighted by atomic mass is 10.3. The molecular formula is C9H8BrCl2FO2. The van der Waals surface area contributed by atoms with Gasteiger partial charge in [0.05, 0.1) is 15.4 Å². The first kappa shape index (κ1) is 13.0. The van der Waals surface area contributed by atoms with Gasteiger partial charge in [-0.25, -0.2) is 4.39 Å². The Kier molecular flexibility index (Phi) is 5.12. The minimum Gasteiger partial charge on any atom is -0.490 e. The second-order valence-electron chi connectivity index (χ2n) is 2.82. The Labute approximate surface area is 105 Å². The average Bonchev–Trinajstić information content (AvgIpc) is 2.21. The Morgan fingerprint density at radius 2 is 2.20 bits per heavy atom. The van der Waals surface area contributed by atoms with Gasteiger partial charge in [0.1, 0.15) is 24.3 Å². The number of hydrogen-bond donors (Lipinski definition) is 1. The highest BCUT2D eigenvalue weighted by molar-refractivity contribution is 9.10. The van der Waals surface area contributed by atoms with Gasteiger partial charge >= 0.3 is 0 Å². The van der Waals surface area contributed by atoms with Crippen LogP contribution in [0.4, 0.5) is 4.39 Å². The van der Waals surface area contributed by atoms with Gasteiger partial charge in [-0.1, -0.05) is 11.6 Å². The van der Waals surface area contributed by atoms with Crippen LogP contribution in [0.25, 0.3) is 0 Å². The molecule has 1 rings (SSSR count). The largest absolute Gasteiger partial charge is 0.490 e. The first-order valence-electron chi connectivity index (χ1n) is 4.06. The van der Waals surface area contributed by atoms with E-state index >= 15 is 0 Å². The van der Waals surface area contributed by atoms with Crippen LogP contribution in [0.2, 0.25) is 5.02 Å². The van der Waals surface area contributed by atoms with Crippen molar-refractivity contribution in [2.45, 2.75) is 6.10 Å². The van der Waals surface area contributed by atoms with Crippen LogP contribution in [0, 0.1) is 5.82 Å². The molecule has 84 valence electrons. The first-order valence-corrected chi connectivity index (χ1v) is 5.76. The molecule has 1 atom stereocenters. The molecule has 0 bridgehead atoms. The smallest absolute Gasteiger partial charge is 0.145 e. The third-order valence-electron chi connectivity index (χ3n) is 1.58. The maximum Gasteiger partial charge on any atom is 0.145 e. The van der Waals surface area contributed by atoms with E-state index in [1.165, 1.54) is 6.07 Å². The van der Waals surface area contributed by atoms with Gasteiger partial charge in [0.2, 0.25) is 0 Å². The minimum absolute atomic E-state index is 0.00315. The molecule has 1 unspecified atom stereocenters. The van der Waals surface area contributed by atoms with E-state index in [1.807, 2.05) is 0 Å². The summed E-state index contributed by atoms with van der Waals surface area (Å²) < 4.78 is 18.7. The minimum atomic E-state index is -0.780. The predicted octanol–water partition coefficient (Wildman–Crippen LogP) is 3.22. The van der Waals surface area contributed by atoms with Gasteiger partial charge in [0.15, 0.2) is 0 Å². The van der Waals surface area contributed by atoms with Crippen molar-refractivity contribution in [3.05, 3.63) is 27.4 Å². The standard InChI is InChI=1S/C9H8BrCl2FO2/c10-6-1-7(12)8(13)2-9(6)15-4-5(14)3-11/h1-2,5,14H,3-4H2. The molecule has 1 aromatic carbocycles. The summed E-state index contributed by atoms with van der Waals surface area (Å²) in [6.45, 7) is 0.00315. The quantitative estimate of drug-likeness (QED) is 0.682. The highest BCUT2D eigenvalue weighted by Gasteiger charge is 2.09. The maximum atomic E-state index is 13.0. The van der Waals surface area contributed by atoms with Crippen molar-refractivity contribution in [1.82, 2.24) is 0 Å². The number of aliphatic hydroxyl groups is 1. The van der Waals surface area contributed by atoms with Crippen LogP contribution in [0.5, 0.6) is 5.75 Å². The molecule has 15 heavy (non-hydrogen) atoms. The number of alkyl halides is 1. The molecule has 0 fully saturated rings. The Bertz CT molecular complexity index is 349. The van der Waals surface area contributed by atoms with Crippen molar-refractivity contribution in [3.63, 3.8) is 0 Å². The monoisotopic (exact) mass is 316 g/mol. The Hall–Kier alpha value is -0.0300. The third kappa shape index (κ3) is 3.79. The van der Waals surface area contributed by atoms with Crippen LogP contribution in [0.3, 0.4) is 0 Å². The third-order valence-corrected chi connectivity index (χ3v) is 2.85. The van der Waals surface area contributed by atoms with Gasteiger partial charge in [0.25, 0.3) is 0 Å². The molecule has 1 aromatic rings.